The van der Waals surface area contributed by atoms with E-state index in [-0.39, 0.29) is 0 Å². The second kappa shape index (κ2) is 5.88. The second-order valence-electron chi connectivity index (χ2n) is 4.57. The summed E-state index contributed by atoms with van der Waals surface area (Å²) in [5, 5.41) is 5.43. The summed E-state index contributed by atoms with van der Waals surface area (Å²) in [6.07, 6.45) is 0. The molecule has 1 aromatic heterocycles. The highest BCUT2D eigenvalue weighted by molar-refractivity contribution is 6.36. The number of halogens is 2. The van der Waals surface area contributed by atoms with Gasteiger partial charge in [0.1, 0.15) is 5.76 Å². The number of hydrogen-bond donors (Lipinski definition) is 1. The fourth-order valence-corrected chi connectivity index (χ4v) is 2.63. The van der Waals surface area contributed by atoms with Crippen LogP contribution in [0.4, 0.5) is 5.69 Å². The number of anilines is 1. The van der Waals surface area contributed by atoms with Crippen LogP contribution >= 0.6 is 23.2 Å². The number of furan rings is 1. The van der Waals surface area contributed by atoms with Gasteiger partial charge >= 0.3 is 0 Å². The van der Waals surface area contributed by atoms with Crippen molar-refractivity contribution in [2.75, 3.05) is 12.4 Å². The van der Waals surface area contributed by atoms with E-state index in [0.717, 1.165) is 28.2 Å². The van der Waals surface area contributed by atoms with Crippen molar-refractivity contribution in [2.24, 2.45) is 0 Å². The van der Waals surface area contributed by atoms with Crippen molar-refractivity contribution in [1.82, 2.24) is 0 Å². The van der Waals surface area contributed by atoms with Crippen molar-refractivity contribution < 1.29 is 9.15 Å². The maximum absolute atomic E-state index is 6.12. The number of rotatable bonds is 4. The van der Waals surface area contributed by atoms with E-state index in [2.05, 4.69) is 5.32 Å². The van der Waals surface area contributed by atoms with Gasteiger partial charge in [0.05, 0.1) is 24.4 Å². The molecule has 0 amide bonds. The molecular formula is C16H13Cl2NO2. The van der Waals surface area contributed by atoms with Crippen LogP contribution < -0.4 is 10.1 Å². The molecule has 0 radical (unpaired) electrons. The molecule has 2 aromatic carbocycles. The zero-order chi connectivity index (χ0) is 14.8. The predicted octanol–water partition coefficient (Wildman–Crippen LogP) is 5.36. The molecule has 0 saturated heterocycles. The Morgan fingerprint density at radius 1 is 1.14 bits per heavy atom. The third-order valence-corrected chi connectivity index (χ3v) is 3.71. The Morgan fingerprint density at radius 2 is 2.00 bits per heavy atom. The van der Waals surface area contributed by atoms with Crippen molar-refractivity contribution in [3.8, 4) is 5.75 Å². The molecule has 108 valence electrons. The van der Waals surface area contributed by atoms with Gasteiger partial charge in [0.15, 0.2) is 11.3 Å². The molecule has 3 aromatic rings. The summed E-state index contributed by atoms with van der Waals surface area (Å²) in [7, 11) is 1.63. The summed E-state index contributed by atoms with van der Waals surface area (Å²) in [4.78, 5) is 0. The maximum atomic E-state index is 6.12. The van der Waals surface area contributed by atoms with Crippen LogP contribution in [0.15, 0.2) is 46.9 Å². The average Bonchev–Trinajstić information content (AvgIpc) is 2.89. The van der Waals surface area contributed by atoms with Gasteiger partial charge in [-0.2, -0.15) is 0 Å². The average molecular weight is 322 g/mol. The maximum Gasteiger partial charge on any atom is 0.176 e. The highest BCUT2D eigenvalue weighted by Crippen LogP contribution is 2.30. The Hall–Kier alpha value is -1.84. The lowest BCUT2D eigenvalue weighted by Gasteiger charge is -2.06. The molecule has 1 N–H and O–H groups in total. The van der Waals surface area contributed by atoms with Gasteiger partial charge in [-0.05, 0) is 30.3 Å². The van der Waals surface area contributed by atoms with Gasteiger partial charge in [0.2, 0.25) is 0 Å². The highest BCUT2D eigenvalue weighted by atomic mass is 35.5. The largest absolute Gasteiger partial charge is 0.493 e. The predicted molar refractivity (Wildman–Crippen MR) is 86.6 cm³/mol. The van der Waals surface area contributed by atoms with E-state index in [1.807, 2.05) is 30.3 Å². The molecule has 0 unspecified atom stereocenters. The van der Waals surface area contributed by atoms with Crippen molar-refractivity contribution >= 4 is 39.9 Å². The number of para-hydroxylation sites is 1. The molecule has 0 aliphatic carbocycles. The lowest BCUT2D eigenvalue weighted by atomic mass is 10.2. The van der Waals surface area contributed by atoms with Gasteiger partial charge in [-0.3, -0.25) is 0 Å². The van der Waals surface area contributed by atoms with E-state index in [9.17, 15) is 0 Å². The van der Waals surface area contributed by atoms with Gasteiger partial charge in [0.25, 0.3) is 0 Å². The Morgan fingerprint density at radius 3 is 2.76 bits per heavy atom. The Labute approximate surface area is 132 Å². The summed E-state index contributed by atoms with van der Waals surface area (Å²) in [5.74, 6) is 1.53. The molecular weight excluding hydrogens is 309 g/mol. The highest BCUT2D eigenvalue weighted by Gasteiger charge is 2.09. The number of benzene rings is 2. The summed E-state index contributed by atoms with van der Waals surface area (Å²) >= 11 is 12.0. The standard InChI is InChI=1S/C16H13Cl2NO2/c1-20-15-4-2-3-10-7-12(21-16(10)15)9-19-14-6-5-11(17)8-13(14)18/h2-8,19H,9H2,1H3. The van der Waals surface area contributed by atoms with Crippen molar-refractivity contribution in [2.45, 2.75) is 6.54 Å². The molecule has 21 heavy (non-hydrogen) atoms. The third kappa shape index (κ3) is 2.94. The molecule has 0 spiro atoms. The van der Waals surface area contributed by atoms with E-state index in [1.54, 1.807) is 19.2 Å². The number of hydrogen-bond acceptors (Lipinski definition) is 3. The molecule has 1 heterocycles. The zero-order valence-corrected chi connectivity index (χ0v) is 12.8. The Balaban J connectivity index is 1.82. The van der Waals surface area contributed by atoms with Crippen LogP contribution in [0.25, 0.3) is 11.0 Å². The number of nitrogens with one attached hydrogen (secondary N) is 1. The van der Waals surface area contributed by atoms with E-state index in [0.29, 0.717) is 16.6 Å². The minimum atomic E-state index is 0.527. The molecule has 0 fully saturated rings. The van der Waals surface area contributed by atoms with Crippen LogP contribution in [0.5, 0.6) is 5.75 Å². The minimum absolute atomic E-state index is 0.527. The van der Waals surface area contributed by atoms with Crippen LogP contribution in [0, 0.1) is 0 Å². The first kappa shape index (κ1) is 14.1. The zero-order valence-electron chi connectivity index (χ0n) is 11.3. The third-order valence-electron chi connectivity index (χ3n) is 3.16. The second-order valence-corrected chi connectivity index (χ2v) is 5.41. The summed E-state index contributed by atoms with van der Waals surface area (Å²) in [6, 6.07) is 13.1. The molecule has 0 atom stereocenters. The SMILES string of the molecule is COc1cccc2cc(CNc3ccc(Cl)cc3Cl)oc12. The first-order chi connectivity index (χ1) is 10.2. The normalized spacial score (nSPS) is 10.8. The molecule has 3 nitrogen and oxygen atoms in total. The minimum Gasteiger partial charge on any atom is -0.493 e. The van der Waals surface area contributed by atoms with E-state index in [1.165, 1.54) is 0 Å². The summed E-state index contributed by atoms with van der Waals surface area (Å²) in [6.45, 7) is 0.527. The van der Waals surface area contributed by atoms with E-state index < -0.39 is 0 Å². The first-order valence-electron chi connectivity index (χ1n) is 6.42. The monoisotopic (exact) mass is 321 g/mol. The Kier molecular flexibility index (Phi) is 3.95. The molecule has 0 aliphatic heterocycles. The fourth-order valence-electron chi connectivity index (χ4n) is 2.15. The smallest absolute Gasteiger partial charge is 0.176 e. The van der Waals surface area contributed by atoms with Gasteiger partial charge in [-0.1, -0.05) is 35.3 Å². The van der Waals surface area contributed by atoms with Crippen LogP contribution in [0.2, 0.25) is 10.0 Å². The quantitative estimate of drug-likeness (QED) is 0.702. The first-order valence-corrected chi connectivity index (χ1v) is 7.17. The van der Waals surface area contributed by atoms with Crippen LogP contribution in [0.3, 0.4) is 0 Å². The van der Waals surface area contributed by atoms with Crippen LogP contribution in [-0.4, -0.2) is 7.11 Å². The van der Waals surface area contributed by atoms with Gasteiger partial charge in [-0.15, -0.1) is 0 Å². The Bertz CT molecular complexity index is 783. The fraction of sp³-hybridized carbons (Fsp3) is 0.125. The van der Waals surface area contributed by atoms with E-state index in [4.69, 9.17) is 32.4 Å². The summed E-state index contributed by atoms with van der Waals surface area (Å²) in [5.41, 5.74) is 1.56. The topological polar surface area (TPSA) is 34.4 Å². The molecule has 0 aliphatic rings. The van der Waals surface area contributed by atoms with Gasteiger partial charge in [0, 0.05) is 10.4 Å². The van der Waals surface area contributed by atoms with Gasteiger partial charge < -0.3 is 14.5 Å². The molecule has 5 heteroatoms. The van der Waals surface area contributed by atoms with E-state index >= 15 is 0 Å². The van der Waals surface area contributed by atoms with Crippen LogP contribution in [0.1, 0.15) is 5.76 Å². The lowest BCUT2D eigenvalue weighted by Crippen LogP contribution is -1.98. The number of methoxy groups -OCH3 is 1. The molecule has 0 saturated carbocycles. The lowest BCUT2D eigenvalue weighted by molar-refractivity contribution is 0.408. The van der Waals surface area contributed by atoms with Crippen molar-refractivity contribution in [3.05, 3.63) is 58.3 Å². The number of fused-ring (bicyclic) bond motifs is 1. The molecule has 0 bridgehead atoms. The molecule has 3 rings (SSSR count). The van der Waals surface area contributed by atoms with Crippen molar-refractivity contribution in [1.29, 1.82) is 0 Å². The van der Waals surface area contributed by atoms with Crippen LogP contribution in [-0.2, 0) is 6.54 Å². The van der Waals surface area contributed by atoms with Crippen molar-refractivity contribution in [3.63, 3.8) is 0 Å². The number of ether oxygens (including phenoxy) is 1. The van der Waals surface area contributed by atoms with Gasteiger partial charge in [-0.25, -0.2) is 0 Å². The summed E-state index contributed by atoms with van der Waals surface area (Å²) < 4.78 is 11.1.